The van der Waals surface area contributed by atoms with Crippen molar-refractivity contribution >= 4 is 35.2 Å². The minimum atomic E-state index is -0.719. The molecule has 4 rings (SSSR count). The molecule has 174 valence electrons. The Morgan fingerprint density at radius 1 is 1.24 bits per heavy atom. The minimum Gasteiger partial charge on any atom is -0.467 e. The van der Waals surface area contributed by atoms with Crippen LogP contribution in [0.2, 0.25) is 0 Å². The number of nitrogens with one attached hydrogen (secondary N) is 2. The first-order valence-electron chi connectivity index (χ1n) is 10.4. The third-order valence-corrected chi connectivity index (χ3v) is 6.25. The second-order valence-corrected chi connectivity index (χ2v) is 8.50. The number of hydrogen-bond donors (Lipinski definition) is 2. The van der Waals surface area contributed by atoms with Crippen LogP contribution in [0.3, 0.4) is 0 Å². The fourth-order valence-corrected chi connectivity index (χ4v) is 4.57. The molecule has 1 fully saturated rings. The SMILES string of the molecule is CCOC(=O)C1=C(COC(=O)[C@H]2CC(=O)N(Cc3ccco3)C2)NC(=O)N[C@H]1c1cccs1. The topological polar surface area (TPSA) is 127 Å². The van der Waals surface area contributed by atoms with Crippen LogP contribution in [0.15, 0.2) is 51.6 Å². The third-order valence-electron chi connectivity index (χ3n) is 5.31. The Balaban J connectivity index is 1.47. The molecule has 0 radical (unpaired) electrons. The molecule has 1 saturated heterocycles. The molecular formula is C22H23N3O7S. The van der Waals surface area contributed by atoms with Gasteiger partial charge in [0.1, 0.15) is 12.4 Å². The molecule has 10 nitrogen and oxygen atoms in total. The highest BCUT2D eigenvalue weighted by Crippen LogP contribution is 2.31. The number of carbonyl (C=O) groups is 4. The maximum absolute atomic E-state index is 12.7. The van der Waals surface area contributed by atoms with Gasteiger partial charge in [-0.05, 0) is 30.5 Å². The summed E-state index contributed by atoms with van der Waals surface area (Å²) in [4.78, 5) is 52.2. The fraction of sp³-hybridized carbons (Fsp3) is 0.364. The van der Waals surface area contributed by atoms with Gasteiger partial charge in [0.15, 0.2) is 0 Å². The number of ether oxygens (including phenoxy) is 2. The van der Waals surface area contributed by atoms with E-state index in [4.69, 9.17) is 13.9 Å². The smallest absolute Gasteiger partial charge is 0.338 e. The normalized spacial score (nSPS) is 20.5. The number of urea groups is 1. The van der Waals surface area contributed by atoms with Crippen LogP contribution in [0.4, 0.5) is 4.79 Å². The molecule has 4 heterocycles. The summed E-state index contributed by atoms with van der Waals surface area (Å²) >= 11 is 1.38. The lowest BCUT2D eigenvalue weighted by molar-refractivity contribution is -0.148. The monoisotopic (exact) mass is 473 g/mol. The van der Waals surface area contributed by atoms with Crippen LogP contribution in [-0.4, -0.2) is 48.5 Å². The summed E-state index contributed by atoms with van der Waals surface area (Å²) in [6.45, 7) is 1.98. The zero-order valence-electron chi connectivity index (χ0n) is 17.9. The van der Waals surface area contributed by atoms with Crippen LogP contribution < -0.4 is 10.6 Å². The Hall–Kier alpha value is -3.60. The number of carbonyl (C=O) groups excluding carboxylic acids is 4. The lowest BCUT2D eigenvalue weighted by Crippen LogP contribution is -2.47. The molecule has 0 bridgehead atoms. The van der Waals surface area contributed by atoms with E-state index >= 15 is 0 Å². The maximum atomic E-state index is 12.7. The van der Waals surface area contributed by atoms with Crippen LogP contribution >= 0.6 is 11.3 Å². The van der Waals surface area contributed by atoms with Crippen LogP contribution in [0, 0.1) is 5.92 Å². The highest BCUT2D eigenvalue weighted by molar-refractivity contribution is 7.10. The van der Waals surface area contributed by atoms with Gasteiger partial charge < -0.3 is 29.4 Å². The lowest BCUT2D eigenvalue weighted by atomic mass is 10.0. The molecule has 0 spiro atoms. The minimum absolute atomic E-state index is 0.0229. The molecule has 2 aliphatic heterocycles. The van der Waals surface area contributed by atoms with E-state index in [0.29, 0.717) is 5.76 Å². The Morgan fingerprint density at radius 2 is 2.09 bits per heavy atom. The number of nitrogens with zero attached hydrogens (tertiary/aromatic N) is 1. The van der Waals surface area contributed by atoms with Gasteiger partial charge in [0.25, 0.3) is 0 Å². The predicted molar refractivity (Wildman–Crippen MR) is 116 cm³/mol. The number of thiophene rings is 1. The predicted octanol–water partition coefficient (Wildman–Crippen LogP) is 2.10. The Kier molecular flexibility index (Phi) is 6.78. The van der Waals surface area contributed by atoms with Crippen molar-refractivity contribution in [2.45, 2.75) is 25.9 Å². The van der Waals surface area contributed by atoms with Crippen molar-refractivity contribution in [2.75, 3.05) is 19.8 Å². The third kappa shape index (κ3) is 5.08. The van der Waals surface area contributed by atoms with E-state index in [-0.39, 0.29) is 49.9 Å². The van der Waals surface area contributed by atoms with Gasteiger partial charge in [-0.3, -0.25) is 9.59 Å². The van der Waals surface area contributed by atoms with Gasteiger partial charge in [-0.25, -0.2) is 9.59 Å². The second kappa shape index (κ2) is 9.90. The number of esters is 2. The van der Waals surface area contributed by atoms with Gasteiger partial charge in [0, 0.05) is 17.8 Å². The highest BCUT2D eigenvalue weighted by Gasteiger charge is 2.38. The summed E-state index contributed by atoms with van der Waals surface area (Å²) in [6.07, 6.45) is 1.54. The Labute approximate surface area is 193 Å². The van der Waals surface area contributed by atoms with E-state index in [0.717, 1.165) is 4.88 Å². The van der Waals surface area contributed by atoms with Crippen molar-refractivity contribution in [1.82, 2.24) is 15.5 Å². The van der Waals surface area contributed by atoms with Crippen molar-refractivity contribution in [3.63, 3.8) is 0 Å². The summed E-state index contributed by atoms with van der Waals surface area (Å²) in [5.41, 5.74) is 0.328. The second-order valence-electron chi connectivity index (χ2n) is 7.52. The van der Waals surface area contributed by atoms with E-state index < -0.39 is 29.9 Å². The number of hydrogen-bond acceptors (Lipinski definition) is 8. The first-order chi connectivity index (χ1) is 16.0. The van der Waals surface area contributed by atoms with Gasteiger partial charge >= 0.3 is 18.0 Å². The molecule has 2 aliphatic rings. The van der Waals surface area contributed by atoms with E-state index in [1.54, 1.807) is 25.1 Å². The Bertz CT molecular complexity index is 1060. The molecular weight excluding hydrogens is 450 g/mol. The summed E-state index contributed by atoms with van der Waals surface area (Å²) in [5.74, 6) is -1.40. The van der Waals surface area contributed by atoms with Crippen LogP contribution in [0.25, 0.3) is 0 Å². The van der Waals surface area contributed by atoms with Crippen molar-refractivity contribution < 1.29 is 33.1 Å². The first kappa shape index (κ1) is 22.6. The average Bonchev–Trinajstić information content (AvgIpc) is 3.55. The van der Waals surface area contributed by atoms with Crippen molar-refractivity contribution in [1.29, 1.82) is 0 Å². The quantitative estimate of drug-likeness (QED) is 0.562. The number of likely N-dealkylation sites (tertiary alicyclic amines) is 1. The summed E-state index contributed by atoms with van der Waals surface area (Å²) < 4.78 is 15.9. The van der Waals surface area contributed by atoms with E-state index in [1.807, 2.05) is 11.4 Å². The molecule has 2 aromatic rings. The number of amides is 3. The highest BCUT2D eigenvalue weighted by atomic mass is 32.1. The molecule has 33 heavy (non-hydrogen) atoms. The molecule has 0 aromatic carbocycles. The number of furan rings is 1. The van der Waals surface area contributed by atoms with E-state index in [2.05, 4.69) is 10.6 Å². The summed E-state index contributed by atoms with van der Waals surface area (Å²) in [6, 6.07) is 5.85. The van der Waals surface area contributed by atoms with E-state index in [9.17, 15) is 19.2 Å². The molecule has 2 aromatic heterocycles. The molecule has 0 saturated carbocycles. The van der Waals surface area contributed by atoms with Gasteiger partial charge in [0.05, 0.1) is 42.6 Å². The molecule has 2 N–H and O–H groups in total. The van der Waals surface area contributed by atoms with E-state index in [1.165, 1.54) is 22.5 Å². The lowest BCUT2D eigenvalue weighted by Gasteiger charge is -2.28. The Morgan fingerprint density at radius 3 is 2.79 bits per heavy atom. The first-order valence-corrected chi connectivity index (χ1v) is 11.3. The zero-order valence-corrected chi connectivity index (χ0v) is 18.7. The molecule has 2 atom stereocenters. The summed E-state index contributed by atoms with van der Waals surface area (Å²) in [5, 5.41) is 7.10. The van der Waals surface area contributed by atoms with Crippen molar-refractivity contribution in [3.8, 4) is 0 Å². The van der Waals surface area contributed by atoms with Gasteiger partial charge in [-0.1, -0.05) is 6.07 Å². The molecule has 11 heteroatoms. The largest absolute Gasteiger partial charge is 0.467 e. The molecule has 0 unspecified atom stereocenters. The van der Waals surface area contributed by atoms with Crippen LogP contribution in [-0.2, 0) is 30.4 Å². The maximum Gasteiger partial charge on any atom is 0.338 e. The van der Waals surface area contributed by atoms with Crippen LogP contribution in [0.5, 0.6) is 0 Å². The fourth-order valence-electron chi connectivity index (χ4n) is 3.79. The van der Waals surface area contributed by atoms with Gasteiger partial charge in [-0.15, -0.1) is 11.3 Å². The zero-order chi connectivity index (χ0) is 23.4. The number of rotatable bonds is 8. The van der Waals surface area contributed by atoms with Gasteiger partial charge in [0.2, 0.25) is 5.91 Å². The van der Waals surface area contributed by atoms with Crippen molar-refractivity contribution in [2.24, 2.45) is 5.92 Å². The summed E-state index contributed by atoms with van der Waals surface area (Å²) in [7, 11) is 0. The van der Waals surface area contributed by atoms with Crippen molar-refractivity contribution in [3.05, 3.63) is 57.8 Å². The average molecular weight is 474 g/mol. The van der Waals surface area contributed by atoms with Gasteiger partial charge in [-0.2, -0.15) is 0 Å². The molecule has 0 aliphatic carbocycles. The standard InChI is InChI=1S/C22H23N3O7S/c1-2-30-21(28)18-15(23-22(29)24-19(18)16-6-4-8-33-16)12-32-20(27)13-9-17(26)25(10-13)11-14-5-3-7-31-14/h3-8,13,19H,2,9-12H2,1H3,(H2,23,24,29)/t13-,19-/m0/s1. The molecule has 3 amide bonds. The van der Waals surface area contributed by atoms with Crippen LogP contribution in [0.1, 0.15) is 30.0 Å².